The van der Waals surface area contributed by atoms with Crippen LogP contribution in [0.25, 0.3) is 16.6 Å². The Labute approximate surface area is 249 Å². The highest BCUT2D eigenvalue weighted by molar-refractivity contribution is 6.08. The van der Waals surface area contributed by atoms with Crippen molar-refractivity contribution in [2.24, 2.45) is 0 Å². The summed E-state index contributed by atoms with van der Waals surface area (Å²) in [6, 6.07) is 16.9. The molecule has 1 aliphatic heterocycles. The minimum atomic E-state index is -4.60. The van der Waals surface area contributed by atoms with Crippen molar-refractivity contribution in [2.75, 3.05) is 26.2 Å². The third-order valence-corrected chi connectivity index (χ3v) is 7.70. The molecule has 0 radical (unpaired) electrons. The molecule has 0 bridgehead atoms. The average Bonchev–Trinajstić information content (AvgIpc) is 3.61. The maximum atomic E-state index is 13.8. The van der Waals surface area contributed by atoms with Gasteiger partial charge in [0.2, 0.25) is 5.78 Å². The fourth-order valence-electron chi connectivity index (χ4n) is 5.40. The minimum absolute atomic E-state index is 0.103. The van der Waals surface area contributed by atoms with Gasteiger partial charge in [-0.05, 0) is 49.2 Å². The van der Waals surface area contributed by atoms with Gasteiger partial charge in [-0.15, -0.1) is 5.10 Å². The number of hydrogen-bond acceptors (Lipinski definition) is 5. The Hall–Kier alpha value is -5.26. The topological polar surface area (TPSA) is 104 Å². The highest BCUT2D eigenvalue weighted by atomic mass is 19.4. The van der Waals surface area contributed by atoms with Gasteiger partial charge in [0.1, 0.15) is 0 Å². The molecule has 2 aromatic heterocycles. The van der Waals surface area contributed by atoms with Crippen molar-refractivity contribution in [2.45, 2.75) is 19.5 Å². The molecule has 1 fully saturated rings. The summed E-state index contributed by atoms with van der Waals surface area (Å²) >= 11 is 0. The lowest BCUT2D eigenvalue weighted by Crippen LogP contribution is -2.37. The number of ketones is 1. The molecule has 1 N–H and O–H groups in total. The molecular formula is C32H27F3N6O3. The third kappa shape index (κ3) is 5.58. The van der Waals surface area contributed by atoms with E-state index >= 15 is 0 Å². The van der Waals surface area contributed by atoms with Crippen LogP contribution in [-0.2, 0) is 6.18 Å². The number of para-hydroxylation sites is 1. The first-order valence-electron chi connectivity index (χ1n) is 14.0. The summed E-state index contributed by atoms with van der Waals surface area (Å²) in [4.78, 5) is 46.8. The van der Waals surface area contributed by atoms with E-state index in [2.05, 4.69) is 15.3 Å². The SMILES string of the molecule is Cc1ccc(C(=O)N2CCCN(C(=O)c3c[nH]c4ccccc34)CC2)c(-n2cc(C(=O)c3cccc(C(F)(F)F)c3)nn2)c1. The Morgan fingerprint density at radius 1 is 0.841 bits per heavy atom. The second-order valence-corrected chi connectivity index (χ2v) is 10.7. The Morgan fingerprint density at radius 3 is 2.32 bits per heavy atom. The van der Waals surface area contributed by atoms with E-state index in [1.807, 2.05) is 31.2 Å². The van der Waals surface area contributed by atoms with Gasteiger partial charge in [0.25, 0.3) is 11.8 Å². The van der Waals surface area contributed by atoms with Gasteiger partial charge in [-0.25, -0.2) is 4.68 Å². The molecule has 0 spiro atoms. The lowest BCUT2D eigenvalue weighted by atomic mass is 10.1. The number of carbonyl (C=O) groups is 3. The van der Waals surface area contributed by atoms with Crippen molar-refractivity contribution in [3.05, 3.63) is 113 Å². The Morgan fingerprint density at radius 2 is 1.57 bits per heavy atom. The molecule has 12 heteroatoms. The van der Waals surface area contributed by atoms with E-state index in [0.717, 1.165) is 34.7 Å². The molecule has 0 saturated carbocycles. The van der Waals surface area contributed by atoms with Gasteiger partial charge in [-0.3, -0.25) is 14.4 Å². The summed E-state index contributed by atoms with van der Waals surface area (Å²) in [5.74, 6) is -1.11. The fourth-order valence-corrected chi connectivity index (χ4v) is 5.40. The van der Waals surface area contributed by atoms with Gasteiger partial charge in [-0.1, -0.05) is 41.6 Å². The number of nitrogens with one attached hydrogen (secondary N) is 1. The highest BCUT2D eigenvalue weighted by Gasteiger charge is 2.31. The third-order valence-electron chi connectivity index (χ3n) is 7.70. The van der Waals surface area contributed by atoms with Crippen LogP contribution in [0.1, 0.15) is 54.3 Å². The summed E-state index contributed by atoms with van der Waals surface area (Å²) in [6.45, 7) is 3.43. The van der Waals surface area contributed by atoms with Crippen molar-refractivity contribution in [3.8, 4) is 5.69 Å². The smallest absolute Gasteiger partial charge is 0.360 e. The van der Waals surface area contributed by atoms with Crippen LogP contribution in [0.4, 0.5) is 13.2 Å². The first kappa shape index (κ1) is 28.8. The molecule has 0 atom stereocenters. The molecule has 3 aromatic carbocycles. The van der Waals surface area contributed by atoms with Gasteiger partial charge in [0, 0.05) is 48.8 Å². The van der Waals surface area contributed by atoms with E-state index in [9.17, 15) is 27.6 Å². The minimum Gasteiger partial charge on any atom is -0.360 e. The van der Waals surface area contributed by atoms with E-state index in [-0.39, 0.29) is 23.1 Å². The zero-order valence-electron chi connectivity index (χ0n) is 23.6. The summed E-state index contributed by atoms with van der Waals surface area (Å²) in [6.07, 6.45) is -0.999. The maximum absolute atomic E-state index is 13.8. The molecule has 1 aliphatic rings. The van der Waals surface area contributed by atoms with Gasteiger partial charge in [0.15, 0.2) is 5.69 Å². The van der Waals surface area contributed by atoms with E-state index in [0.29, 0.717) is 49.4 Å². The zero-order valence-corrected chi connectivity index (χ0v) is 23.6. The van der Waals surface area contributed by atoms with Crippen molar-refractivity contribution in [3.63, 3.8) is 0 Å². The molecule has 0 aliphatic carbocycles. The van der Waals surface area contributed by atoms with Crippen LogP contribution >= 0.6 is 0 Å². The lowest BCUT2D eigenvalue weighted by molar-refractivity contribution is -0.137. The largest absolute Gasteiger partial charge is 0.416 e. The first-order chi connectivity index (χ1) is 21.1. The van der Waals surface area contributed by atoms with E-state index in [1.165, 1.54) is 16.9 Å². The van der Waals surface area contributed by atoms with Crippen molar-refractivity contribution >= 4 is 28.5 Å². The number of hydrogen-bond donors (Lipinski definition) is 1. The van der Waals surface area contributed by atoms with Gasteiger partial charge in [0.05, 0.1) is 28.6 Å². The summed E-state index contributed by atoms with van der Waals surface area (Å²) in [7, 11) is 0. The van der Waals surface area contributed by atoms with Gasteiger partial charge in [-0.2, -0.15) is 13.2 Å². The molecule has 1 saturated heterocycles. The van der Waals surface area contributed by atoms with Crippen LogP contribution < -0.4 is 0 Å². The van der Waals surface area contributed by atoms with Crippen LogP contribution in [0.2, 0.25) is 0 Å². The second-order valence-electron chi connectivity index (χ2n) is 10.7. The van der Waals surface area contributed by atoms with Gasteiger partial charge >= 0.3 is 6.18 Å². The first-order valence-corrected chi connectivity index (χ1v) is 14.0. The zero-order chi connectivity index (χ0) is 31.0. The molecule has 2 amide bonds. The maximum Gasteiger partial charge on any atom is 0.416 e. The number of aromatic amines is 1. The number of carbonyl (C=O) groups excluding carboxylic acids is 3. The van der Waals surface area contributed by atoms with Crippen molar-refractivity contribution in [1.29, 1.82) is 0 Å². The van der Waals surface area contributed by atoms with Crippen LogP contribution in [0.3, 0.4) is 0 Å². The molecule has 44 heavy (non-hydrogen) atoms. The number of nitrogens with zero attached hydrogens (tertiary/aromatic N) is 5. The number of aromatic nitrogens is 4. The Kier molecular flexibility index (Phi) is 7.50. The number of halogens is 3. The number of H-pyrrole nitrogens is 1. The molecular weight excluding hydrogens is 573 g/mol. The van der Waals surface area contributed by atoms with Crippen LogP contribution in [0.15, 0.2) is 79.1 Å². The molecule has 3 heterocycles. The molecule has 9 nitrogen and oxygen atoms in total. The average molecular weight is 601 g/mol. The number of amides is 2. The molecule has 224 valence electrons. The van der Waals surface area contributed by atoms with E-state index < -0.39 is 17.5 Å². The molecule has 5 aromatic rings. The standard InChI is InChI=1S/C32H27F3N6O3/c1-20-10-11-24(28(16-20)41-19-27(37-38-41)29(42)21-6-4-7-22(17-21)32(33,34)35)30(43)39-12-5-13-40(15-14-39)31(44)25-18-36-26-9-3-2-8-23(25)26/h2-4,6-11,16-19,36H,5,12-15H2,1H3. The number of rotatable bonds is 5. The second kappa shape index (κ2) is 11.4. The van der Waals surface area contributed by atoms with E-state index in [4.69, 9.17) is 0 Å². The molecule has 6 rings (SSSR count). The highest BCUT2D eigenvalue weighted by Crippen LogP contribution is 2.30. The van der Waals surface area contributed by atoms with E-state index in [1.54, 1.807) is 34.2 Å². The predicted octanol–water partition coefficient (Wildman–Crippen LogP) is 5.30. The predicted molar refractivity (Wildman–Crippen MR) is 156 cm³/mol. The number of aryl methyl sites for hydroxylation is 1. The van der Waals surface area contributed by atoms with Crippen molar-refractivity contribution in [1.82, 2.24) is 29.8 Å². The number of alkyl halides is 3. The Bertz CT molecular complexity index is 1890. The van der Waals surface area contributed by atoms with Crippen LogP contribution in [-0.4, -0.2) is 73.6 Å². The number of benzene rings is 3. The van der Waals surface area contributed by atoms with Crippen LogP contribution in [0, 0.1) is 6.92 Å². The molecule has 0 unspecified atom stereocenters. The lowest BCUT2D eigenvalue weighted by Gasteiger charge is -2.23. The fraction of sp³-hybridized carbons (Fsp3) is 0.219. The number of fused-ring (bicyclic) bond motifs is 1. The van der Waals surface area contributed by atoms with Crippen molar-refractivity contribution < 1.29 is 27.6 Å². The summed E-state index contributed by atoms with van der Waals surface area (Å²) < 4.78 is 40.8. The normalized spacial score (nSPS) is 14.1. The summed E-state index contributed by atoms with van der Waals surface area (Å²) in [5, 5.41) is 8.79. The Balaban J connectivity index is 1.21. The summed E-state index contributed by atoms with van der Waals surface area (Å²) in [5.41, 5.74) is 1.70. The van der Waals surface area contributed by atoms with Gasteiger partial charge < -0.3 is 14.8 Å². The quantitative estimate of drug-likeness (QED) is 0.276. The monoisotopic (exact) mass is 600 g/mol. The van der Waals surface area contributed by atoms with Crippen LogP contribution in [0.5, 0.6) is 0 Å².